The smallest absolute Gasteiger partial charge is 0.264 e. The topological polar surface area (TPSA) is 60.7 Å². The summed E-state index contributed by atoms with van der Waals surface area (Å²) in [6, 6.07) is 2.20. The van der Waals surface area contributed by atoms with Gasteiger partial charge in [-0.2, -0.15) is 8.42 Å². The summed E-state index contributed by atoms with van der Waals surface area (Å²) in [5.74, 6) is 0.247. The Labute approximate surface area is 142 Å². The van der Waals surface area contributed by atoms with Gasteiger partial charge in [0.05, 0.1) is 30.0 Å². The largest absolute Gasteiger partial charge is 0.314 e. The number of hydrogen-bond donors (Lipinski definition) is 0. The minimum atomic E-state index is -3.37. The lowest BCUT2D eigenvalue weighted by Crippen LogP contribution is -2.12. The van der Waals surface area contributed by atoms with Crippen molar-refractivity contribution in [2.75, 3.05) is 12.9 Å². The van der Waals surface area contributed by atoms with Crippen LogP contribution in [0.5, 0.6) is 0 Å². The molecule has 126 valence electrons. The van der Waals surface area contributed by atoms with Crippen LogP contribution in [0.2, 0.25) is 0 Å². The monoisotopic (exact) mass is 344 g/mol. The molecule has 6 heteroatoms. The third kappa shape index (κ3) is 2.91. The molecule has 0 bridgehead atoms. The Hall–Kier alpha value is -1.92. The van der Waals surface area contributed by atoms with E-state index in [1.54, 1.807) is 0 Å². The van der Waals surface area contributed by atoms with E-state index >= 15 is 0 Å². The zero-order chi connectivity index (χ0) is 16.7. The predicted molar refractivity (Wildman–Crippen MR) is 95.1 cm³/mol. The van der Waals surface area contributed by atoms with Crippen molar-refractivity contribution in [2.45, 2.75) is 25.7 Å². The molecule has 1 aromatic heterocycles. The molecule has 2 aliphatic carbocycles. The molecule has 3 aliphatic rings. The number of hydrogen-bond acceptors (Lipinski definition) is 4. The van der Waals surface area contributed by atoms with Crippen LogP contribution in [-0.2, 0) is 20.7 Å². The maximum absolute atomic E-state index is 11.1. The highest BCUT2D eigenvalue weighted by molar-refractivity contribution is 7.85. The first-order valence-corrected chi connectivity index (χ1v) is 10.0. The molecule has 1 atom stereocenters. The van der Waals surface area contributed by atoms with E-state index < -0.39 is 10.1 Å². The van der Waals surface area contributed by atoms with Crippen LogP contribution in [0, 0.1) is 5.92 Å². The maximum Gasteiger partial charge on any atom is 0.264 e. The van der Waals surface area contributed by atoms with Crippen LogP contribution in [0.1, 0.15) is 30.5 Å². The van der Waals surface area contributed by atoms with Crippen LogP contribution in [0.15, 0.2) is 41.2 Å². The van der Waals surface area contributed by atoms with Crippen LogP contribution in [0.4, 0.5) is 0 Å². The predicted octanol–water partition coefficient (Wildman–Crippen LogP) is 3.01. The summed E-state index contributed by atoms with van der Waals surface area (Å²) in [6.45, 7) is 0.213. The average Bonchev–Trinajstić information content (AvgIpc) is 2.89. The fraction of sp³-hybridized carbons (Fsp3) is 0.389. The fourth-order valence-corrected chi connectivity index (χ4v) is 3.97. The van der Waals surface area contributed by atoms with Crippen molar-refractivity contribution in [3.63, 3.8) is 0 Å². The highest BCUT2D eigenvalue weighted by atomic mass is 32.2. The zero-order valence-electron chi connectivity index (χ0n) is 13.6. The van der Waals surface area contributed by atoms with Gasteiger partial charge in [0.2, 0.25) is 0 Å². The summed E-state index contributed by atoms with van der Waals surface area (Å²) in [4.78, 5) is 4.72. The first-order chi connectivity index (χ1) is 11.5. The summed E-state index contributed by atoms with van der Waals surface area (Å²) in [5.41, 5.74) is 6.01. The lowest BCUT2D eigenvalue weighted by Gasteiger charge is -2.21. The lowest BCUT2D eigenvalue weighted by molar-refractivity contribution is 0.296. The van der Waals surface area contributed by atoms with Crippen molar-refractivity contribution in [1.82, 2.24) is 4.57 Å². The quantitative estimate of drug-likeness (QED) is 0.789. The van der Waals surface area contributed by atoms with Gasteiger partial charge in [0.1, 0.15) is 0 Å². The van der Waals surface area contributed by atoms with E-state index in [4.69, 9.17) is 9.18 Å². The Kier molecular flexibility index (Phi) is 3.81. The van der Waals surface area contributed by atoms with Crippen molar-refractivity contribution in [1.29, 1.82) is 0 Å². The molecule has 0 saturated heterocycles. The molecule has 24 heavy (non-hydrogen) atoms. The Morgan fingerprint density at radius 1 is 1.42 bits per heavy atom. The molecule has 0 N–H and O–H groups in total. The molecule has 1 aliphatic heterocycles. The second-order valence-electron chi connectivity index (χ2n) is 6.49. The summed E-state index contributed by atoms with van der Waals surface area (Å²) >= 11 is 0. The fourth-order valence-electron chi connectivity index (χ4n) is 3.57. The van der Waals surface area contributed by atoms with E-state index in [-0.39, 0.29) is 12.5 Å². The average molecular weight is 344 g/mol. The molecule has 2 heterocycles. The van der Waals surface area contributed by atoms with Gasteiger partial charge in [0.25, 0.3) is 10.1 Å². The van der Waals surface area contributed by atoms with E-state index in [0.717, 1.165) is 36.9 Å². The van der Waals surface area contributed by atoms with E-state index in [1.807, 2.05) is 6.21 Å². The van der Waals surface area contributed by atoms with Gasteiger partial charge < -0.3 is 4.57 Å². The minimum Gasteiger partial charge on any atom is -0.314 e. The lowest BCUT2D eigenvalue weighted by atomic mass is 9.94. The van der Waals surface area contributed by atoms with E-state index in [0.29, 0.717) is 6.42 Å². The number of aliphatic imine (C=N–C) groups is 1. The first kappa shape index (κ1) is 15.6. The molecular formula is C18H20N2O3S. The van der Waals surface area contributed by atoms with Gasteiger partial charge in [-0.3, -0.25) is 9.18 Å². The van der Waals surface area contributed by atoms with Gasteiger partial charge in [-0.1, -0.05) is 12.2 Å². The number of nitrogens with zero attached hydrogens (tertiary/aromatic N) is 2. The molecule has 0 fully saturated rings. The van der Waals surface area contributed by atoms with Crippen LogP contribution in [0.3, 0.4) is 0 Å². The van der Waals surface area contributed by atoms with Crippen LogP contribution in [-0.4, -0.2) is 32.1 Å². The molecule has 0 radical (unpaired) electrons. The van der Waals surface area contributed by atoms with Crippen molar-refractivity contribution < 1.29 is 12.6 Å². The molecule has 0 amide bonds. The van der Waals surface area contributed by atoms with Crippen molar-refractivity contribution >= 4 is 27.6 Å². The molecule has 5 nitrogen and oxygen atoms in total. The van der Waals surface area contributed by atoms with Crippen LogP contribution >= 0.6 is 0 Å². The summed E-state index contributed by atoms with van der Waals surface area (Å²) in [6.07, 6.45) is 15.3. The minimum absolute atomic E-state index is 0.213. The third-order valence-electron chi connectivity index (χ3n) is 4.70. The Morgan fingerprint density at radius 2 is 2.29 bits per heavy atom. The Bertz CT molecular complexity index is 901. The normalized spacial score (nSPS) is 22.0. The first-order valence-electron chi connectivity index (χ1n) is 8.22. The van der Waals surface area contributed by atoms with E-state index in [9.17, 15) is 8.42 Å². The maximum atomic E-state index is 11.1. The van der Waals surface area contributed by atoms with E-state index in [1.165, 1.54) is 16.8 Å². The molecular weight excluding hydrogens is 324 g/mol. The molecule has 1 aromatic rings. The van der Waals surface area contributed by atoms with Gasteiger partial charge in [-0.15, -0.1) is 0 Å². The van der Waals surface area contributed by atoms with Gasteiger partial charge in [-0.05, 0) is 49.3 Å². The Balaban J connectivity index is 1.57. The highest BCUT2D eigenvalue weighted by Gasteiger charge is 2.24. The van der Waals surface area contributed by atoms with E-state index in [2.05, 4.69) is 35.1 Å². The second kappa shape index (κ2) is 5.86. The summed E-state index contributed by atoms with van der Waals surface area (Å²) in [5, 5.41) is 0. The van der Waals surface area contributed by atoms with Crippen molar-refractivity contribution in [3.8, 4) is 0 Å². The highest BCUT2D eigenvalue weighted by Crippen LogP contribution is 2.37. The molecule has 1 unspecified atom stereocenters. The molecule has 0 spiro atoms. The standard InChI is InChI=1S/C18H20N2O3S/c1-24(21,22)23-10-8-13-5-6-17-16(11-13)19-12-15-4-2-3-14-7-9-20(17)18(14)15/h4-7,9,12-13H,2-3,8,10-11H2,1H3. The SMILES string of the molecule is CS(=O)(=O)OCCC1C=CC2=C(C1)N=CC1=CCCc3ccn2c31. The van der Waals surface area contributed by atoms with Crippen molar-refractivity contribution in [2.24, 2.45) is 10.9 Å². The van der Waals surface area contributed by atoms with Crippen LogP contribution in [0.25, 0.3) is 11.3 Å². The number of aromatic nitrogens is 1. The van der Waals surface area contributed by atoms with Gasteiger partial charge in [0.15, 0.2) is 0 Å². The van der Waals surface area contributed by atoms with Crippen LogP contribution < -0.4 is 0 Å². The van der Waals surface area contributed by atoms with Gasteiger partial charge >= 0.3 is 0 Å². The molecule has 4 rings (SSSR count). The molecule has 0 saturated carbocycles. The zero-order valence-corrected chi connectivity index (χ0v) is 14.4. The summed E-state index contributed by atoms with van der Waals surface area (Å²) < 4.78 is 29.3. The summed E-state index contributed by atoms with van der Waals surface area (Å²) in [7, 11) is -3.37. The van der Waals surface area contributed by atoms with Gasteiger partial charge in [-0.25, -0.2) is 0 Å². The van der Waals surface area contributed by atoms with Crippen molar-refractivity contribution in [3.05, 3.63) is 47.4 Å². The number of aryl methyl sites for hydroxylation is 1. The second-order valence-corrected chi connectivity index (χ2v) is 8.13. The number of allylic oxidation sites excluding steroid dienone is 6. The number of fused-ring (bicyclic) bond motifs is 1. The van der Waals surface area contributed by atoms with Gasteiger partial charge in [0, 0.05) is 18.0 Å². The molecule has 0 aromatic carbocycles. The third-order valence-corrected chi connectivity index (χ3v) is 5.30. The number of rotatable bonds is 4. The Morgan fingerprint density at radius 3 is 3.12 bits per heavy atom.